The van der Waals surface area contributed by atoms with Gasteiger partial charge in [0.15, 0.2) is 0 Å². The van der Waals surface area contributed by atoms with Crippen LogP contribution in [0.15, 0.2) is 6.20 Å². The molecule has 2 rings (SSSR count). The molecule has 0 saturated carbocycles. The Balaban J connectivity index is 2.31. The number of nitrogen functional groups attached to an aromatic ring is 1. The molecule has 104 valence electrons. The summed E-state index contributed by atoms with van der Waals surface area (Å²) < 4.78 is 5.40. The van der Waals surface area contributed by atoms with Gasteiger partial charge in [-0.1, -0.05) is 6.92 Å². The summed E-state index contributed by atoms with van der Waals surface area (Å²) in [6.45, 7) is 3.36. The van der Waals surface area contributed by atoms with Gasteiger partial charge in [-0.05, 0) is 12.3 Å². The number of nitrogens with zero attached hydrogens (tertiary/aromatic N) is 4. The predicted octanol–water partition coefficient (Wildman–Crippen LogP) is 0.828. The van der Waals surface area contributed by atoms with Crippen LogP contribution < -0.4 is 10.6 Å². The summed E-state index contributed by atoms with van der Waals surface area (Å²) in [6.07, 6.45) is 2.07. The maximum absolute atomic E-state index is 11.0. The van der Waals surface area contributed by atoms with E-state index in [1.54, 1.807) is 7.11 Å². The SMILES string of the molecule is COC1CN(c2nc(N)ncc2[N+](=O)[O-])CCC1C. The van der Waals surface area contributed by atoms with Crippen LogP contribution in [0.3, 0.4) is 0 Å². The van der Waals surface area contributed by atoms with Crippen molar-refractivity contribution in [3.8, 4) is 0 Å². The van der Waals surface area contributed by atoms with Crippen molar-refractivity contribution in [2.24, 2.45) is 5.92 Å². The van der Waals surface area contributed by atoms with Crippen molar-refractivity contribution in [3.63, 3.8) is 0 Å². The minimum Gasteiger partial charge on any atom is -0.379 e. The molecule has 8 nitrogen and oxygen atoms in total. The van der Waals surface area contributed by atoms with Crippen LogP contribution in [-0.4, -0.2) is 41.2 Å². The number of rotatable bonds is 3. The van der Waals surface area contributed by atoms with Crippen LogP contribution in [-0.2, 0) is 4.74 Å². The lowest BCUT2D eigenvalue weighted by Crippen LogP contribution is -2.44. The van der Waals surface area contributed by atoms with Gasteiger partial charge in [-0.3, -0.25) is 10.1 Å². The first-order chi connectivity index (χ1) is 9.02. The second-order valence-corrected chi connectivity index (χ2v) is 4.68. The highest BCUT2D eigenvalue weighted by Gasteiger charge is 2.31. The van der Waals surface area contributed by atoms with Crippen molar-refractivity contribution in [3.05, 3.63) is 16.3 Å². The van der Waals surface area contributed by atoms with Crippen LogP contribution in [0.5, 0.6) is 0 Å². The number of ether oxygens (including phenoxy) is 1. The molecule has 0 aliphatic carbocycles. The monoisotopic (exact) mass is 267 g/mol. The van der Waals surface area contributed by atoms with Crippen molar-refractivity contribution in [2.75, 3.05) is 30.8 Å². The zero-order valence-electron chi connectivity index (χ0n) is 10.9. The number of aromatic nitrogens is 2. The van der Waals surface area contributed by atoms with Crippen molar-refractivity contribution in [1.29, 1.82) is 0 Å². The Labute approximate surface area is 110 Å². The highest BCUT2D eigenvalue weighted by Crippen LogP contribution is 2.30. The molecule has 1 aliphatic rings. The maximum atomic E-state index is 11.0. The van der Waals surface area contributed by atoms with E-state index in [0.717, 1.165) is 12.6 Å². The standard InChI is InChI=1S/C11H17N5O3/c1-7-3-4-15(6-9(7)19-2)10-8(16(17)18)5-13-11(12)14-10/h5,7,9H,3-4,6H2,1-2H3,(H2,12,13,14). The first-order valence-electron chi connectivity index (χ1n) is 6.07. The Morgan fingerprint density at radius 3 is 3.00 bits per heavy atom. The number of nitro groups is 1. The van der Waals surface area contributed by atoms with Gasteiger partial charge in [0.25, 0.3) is 0 Å². The van der Waals surface area contributed by atoms with Gasteiger partial charge >= 0.3 is 5.69 Å². The molecular formula is C11H17N5O3. The molecule has 1 aliphatic heterocycles. The topological polar surface area (TPSA) is 107 Å². The summed E-state index contributed by atoms with van der Waals surface area (Å²) in [5.74, 6) is 0.721. The van der Waals surface area contributed by atoms with Crippen LogP contribution in [0.2, 0.25) is 0 Å². The molecule has 1 aromatic rings. The summed E-state index contributed by atoms with van der Waals surface area (Å²) in [6, 6.07) is 0. The first kappa shape index (κ1) is 13.5. The Morgan fingerprint density at radius 1 is 1.63 bits per heavy atom. The van der Waals surface area contributed by atoms with Gasteiger partial charge in [0, 0.05) is 20.2 Å². The van der Waals surface area contributed by atoms with Gasteiger partial charge in [0.2, 0.25) is 11.8 Å². The third-order valence-electron chi connectivity index (χ3n) is 3.46. The Bertz CT molecular complexity index is 481. The fourth-order valence-corrected chi connectivity index (χ4v) is 2.27. The number of piperidine rings is 1. The summed E-state index contributed by atoms with van der Waals surface area (Å²) in [5.41, 5.74) is 5.40. The second-order valence-electron chi connectivity index (χ2n) is 4.68. The third kappa shape index (κ3) is 2.73. The van der Waals surface area contributed by atoms with Gasteiger partial charge in [-0.25, -0.2) is 4.98 Å². The molecule has 2 heterocycles. The van der Waals surface area contributed by atoms with Crippen LogP contribution >= 0.6 is 0 Å². The number of methoxy groups -OCH3 is 1. The molecule has 1 fully saturated rings. The molecule has 0 amide bonds. The van der Waals surface area contributed by atoms with Crippen LogP contribution in [0.4, 0.5) is 17.5 Å². The van der Waals surface area contributed by atoms with E-state index in [1.165, 1.54) is 0 Å². The normalized spacial score (nSPS) is 23.4. The highest BCUT2D eigenvalue weighted by atomic mass is 16.6. The van der Waals surface area contributed by atoms with Gasteiger partial charge in [0.1, 0.15) is 6.20 Å². The molecule has 0 spiro atoms. The lowest BCUT2D eigenvalue weighted by atomic mass is 9.96. The number of nitrogens with two attached hydrogens (primary N) is 1. The average Bonchev–Trinajstić information content (AvgIpc) is 2.38. The molecule has 2 atom stereocenters. The molecule has 2 N–H and O–H groups in total. The average molecular weight is 267 g/mol. The zero-order chi connectivity index (χ0) is 14.0. The van der Waals surface area contributed by atoms with Crippen LogP contribution in [0.25, 0.3) is 0 Å². The Hall–Kier alpha value is -1.96. The number of hydrogen-bond donors (Lipinski definition) is 1. The van der Waals surface area contributed by atoms with Gasteiger partial charge in [-0.2, -0.15) is 4.98 Å². The zero-order valence-corrected chi connectivity index (χ0v) is 10.9. The minimum absolute atomic E-state index is 0.0320. The lowest BCUT2D eigenvalue weighted by molar-refractivity contribution is -0.384. The van der Waals surface area contributed by atoms with Gasteiger partial charge < -0.3 is 15.4 Å². The van der Waals surface area contributed by atoms with E-state index in [-0.39, 0.29) is 23.6 Å². The van der Waals surface area contributed by atoms with Crippen LogP contribution in [0.1, 0.15) is 13.3 Å². The molecule has 2 unspecified atom stereocenters. The Kier molecular flexibility index (Phi) is 3.79. The fourth-order valence-electron chi connectivity index (χ4n) is 2.27. The summed E-state index contributed by atoms with van der Waals surface area (Å²) in [7, 11) is 1.65. The first-order valence-corrected chi connectivity index (χ1v) is 6.07. The van der Waals surface area contributed by atoms with E-state index in [1.807, 2.05) is 4.90 Å². The molecule has 19 heavy (non-hydrogen) atoms. The maximum Gasteiger partial charge on any atom is 0.329 e. The van der Waals surface area contributed by atoms with E-state index in [9.17, 15) is 10.1 Å². The molecule has 1 aromatic heterocycles. The molecule has 1 saturated heterocycles. The quantitative estimate of drug-likeness (QED) is 0.638. The lowest BCUT2D eigenvalue weighted by Gasteiger charge is -2.36. The number of anilines is 2. The van der Waals surface area contributed by atoms with Crippen molar-refractivity contribution in [1.82, 2.24) is 9.97 Å². The minimum atomic E-state index is -0.491. The van der Waals surface area contributed by atoms with Crippen LogP contribution in [0, 0.1) is 16.0 Å². The van der Waals surface area contributed by atoms with E-state index in [2.05, 4.69) is 16.9 Å². The summed E-state index contributed by atoms with van der Waals surface area (Å²) in [5, 5.41) is 11.0. The second kappa shape index (κ2) is 5.35. The molecular weight excluding hydrogens is 250 g/mol. The smallest absolute Gasteiger partial charge is 0.329 e. The largest absolute Gasteiger partial charge is 0.379 e. The van der Waals surface area contributed by atoms with Gasteiger partial charge in [-0.15, -0.1) is 0 Å². The predicted molar refractivity (Wildman–Crippen MR) is 69.9 cm³/mol. The van der Waals surface area contributed by atoms with Crippen molar-refractivity contribution >= 4 is 17.5 Å². The molecule has 0 bridgehead atoms. The van der Waals surface area contributed by atoms with Gasteiger partial charge in [0.05, 0.1) is 11.0 Å². The van der Waals surface area contributed by atoms with Crippen molar-refractivity contribution < 1.29 is 9.66 Å². The fraction of sp³-hybridized carbons (Fsp3) is 0.636. The summed E-state index contributed by atoms with van der Waals surface area (Å²) in [4.78, 5) is 20.0. The third-order valence-corrected chi connectivity index (χ3v) is 3.46. The number of hydrogen-bond acceptors (Lipinski definition) is 7. The molecule has 0 aromatic carbocycles. The van der Waals surface area contributed by atoms with E-state index >= 15 is 0 Å². The van der Waals surface area contributed by atoms with E-state index in [0.29, 0.717) is 19.0 Å². The molecule has 0 radical (unpaired) electrons. The van der Waals surface area contributed by atoms with Crippen molar-refractivity contribution in [2.45, 2.75) is 19.4 Å². The summed E-state index contributed by atoms with van der Waals surface area (Å²) >= 11 is 0. The molecule has 8 heteroatoms. The Morgan fingerprint density at radius 2 is 2.37 bits per heavy atom. The highest BCUT2D eigenvalue weighted by molar-refractivity contribution is 5.58. The van der Waals surface area contributed by atoms with E-state index < -0.39 is 4.92 Å². The van der Waals surface area contributed by atoms with E-state index in [4.69, 9.17) is 10.5 Å².